The average Bonchev–Trinajstić information content (AvgIpc) is 2.70. The van der Waals surface area contributed by atoms with Gasteiger partial charge in [0, 0.05) is 5.54 Å². The van der Waals surface area contributed by atoms with Gasteiger partial charge >= 0.3 is 12.0 Å². The Balaban J connectivity index is 1.31. The van der Waals surface area contributed by atoms with Crippen molar-refractivity contribution in [1.29, 1.82) is 0 Å². The predicted molar refractivity (Wildman–Crippen MR) is 111 cm³/mol. The molecule has 0 saturated heterocycles. The number of hydrogen-bond donors (Lipinski definition) is 3. The molecule has 3 N–H and O–H groups in total. The highest BCUT2D eigenvalue weighted by atomic mass is 32.2. The molecule has 0 radical (unpaired) electrons. The number of carbonyl (C=O) groups excluding carboxylic acids is 3. The predicted octanol–water partition coefficient (Wildman–Crippen LogP) is 1.69. The Labute approximate surface area is 185 Å². The number of carbonyl (C=O) groups is 3. The Morgan fingerprint density at radius 1 is 1.09 bits per heavy atom. The lowest BCUT2D eigenvalue weighted by molar-refractivity contribution is -0.123. The molecule has 4 aliphatic rings. The molecule has 11 heteroatoms. The van der Waals surface area contributed by atoms with Crippen LogP contribution in [0, 0.1) is 23.6 Å². The SMILES string of the molecule is CNS(=O)(=O)c1ccc(F)c(C(=O)OCC(=O)NC(=O)NC23CC4CC(CC(C4)C2)C3)c1. The first-order chi connectivity index (χ1) is 15.1. The highest BCUT2D eigenvalue weighted by Gasteiger charge is 2.51. The minimum Gasteiger partial charge on any atom is -0.452 e. The van der Waals surface area contributed by atoms with Crippen molar-refractivity contribution in [2.45, 2.75) is 49.0 Å². The van der Waals surface area contributed by atoms with Crippen LogP contribution in [0.3, 0.4) is 0 Å². The fourth-order valence-corrected chi connectivity index (χ4v) is 6.61. The van der Waals surface area contributed by atoms with E-state index in [-0.39, 0.29) is 10.4 Å². The molecule has 4 aliphatic carbocycles. The molecule has 0 aromatic heterocycles. The van der Waals surface area contributed by atoms with Gasteiger partial charge in [-0.2, -0.15) is 0 Å². The van der Waals surface area contributed by atoms with E-state index in [2.05, 4.69) is 15.4 Å². The van der Waals surface area contributed by atoms with E-state index in [0.29, 0.717) is 17.8 Å². The van der Waals surface area contributed by atoms with Gasteiger partial charge < -0.3 is 10.1 Å². The van der Waals surface area contributed by atoms with E-state index in [4.69, 9.17) is 4.74 Å². The third-order valence-electron chi connectivity index (χ3n) is 6.74. The second-order valence-corrected chi connectivity index (χ2v) is 11.0. The summed E-state index contributed by atoms with van der Waals surface area (Å²) < 4.78 is 44.5. The van der Waals surface area contributed by atoms with Crippen molar-refractivity contribution in [2.75, 3.05) is 13.7 Å². The van der Waals surface area contributed by atoms with Gasteiger partial charge in [0.25, 0.3) is 5.91 Å². The summed E-state index contributed by atoms with van der Waals surface area (Å²) in [7, 11) is -2.72. The Kier molecular flexibility index (Phi) is 5.97. The molecule has 3 amide bonds. The lowest BCUT2D eigenvalue weighted by Gasteiger charge is -2.56. The van der Waals surface area contributed by atoms with Crippen LogP contribution in [0.4, 0.5) is 9.18 Å². The molecule has 32 heavy (non-hydrogen) atoms. The highest BCUT2D eigenvalue weighted by molar-refractivity contribution is 7.89. The fraction of sp³-hybridized carbons (Fsp3) is 0.571. The van der Waals surface area contributed by atoms with Crippen LogP contribution in [0.5, 0.6) is 0 Å². The average molecular weight is 468 g/mol. The van der Waals surface area contributed by atoms with Crippen molar-refractivity contribution in [3.8, 4) is 0 Å². The molecular weight excluding hydrogens is 441 g/mol. The van der Waals surface area contributed by atoms with Crippen LogP contribution in [0.15, 0.2) is 23.1 Å². The number of imide groups is 1. The molecule has 174 valence electrons. The zero-order valence-electron chi connectivity index (χ0n) is 17.6. The second-order valence-electron chi connectivity index (χ2n) is 9.13. The summed E-state index contributed by atoms with van der Waals surface area (Å²) in [6.45, 7) is -0.810. The Bertz CT molecular complexity index is 1020. The van der Waals surface area contributed by atoms with Gasteiger partial charge in [-0.1, -0.05) is 0 Å². The lowest BCUT2D eigenvalue weighted by atomic mass is 9.53. The van der Waals surface area contributed by atoms with Crippen LogP contribution in [0.1, 0.15) is 48.9 Å². The first-order valence-electron chi connectivity index (χ1n) is 10.6. The molecule has 0 heterocycles. The number of urea groups is 1. The molecule has 1 aromatic carbocycles. The van der Waals surface area contributed by atoms with Crippen molar-refractivity contribution in [1.82, 2.24) is 15.4 Å². The van der Waals surface area contributed by atoms with Crippen LogP contribution in [0.2, 0.25) is 0 Å². The summed E-state index contributed by atoms with van der Waals surface area (Å²) in [5, 5.41) is 5.12. The van der Waals surface area contributed by atoms with E-state index in [9.17, 15) is 27.2 Å². The van der Waals surface area contributed by atoms with E-state index in [1.807, 2.05) is 0 Å². The number of ether oxygens (including phenoxy) is 1. The van der Waals surface area contributed by atoms with Gasteiger partial charge in [-0.05, 0) is 81.5 Å². The van der Waals surface area contributed by atoms with E-state index < -0.39 is 45.9 Å². The van der Waals surface area contributed by atoms with Crippen molar-refractivity contribution >= 4 is 27.9 Å². The summed E-state index contributed by atoms with van der Waals surface area (Å²) in [4.78, 5) is 36.3. The molecule has 0 atom stereocenters. The minimum atomic E-state index is -3.90. The van der Waals surface area contributed by atoms with Gasteiger partial charge in [0.2, 0.25) is 10.0 Å². The van der Waals surface area contributed by atoms with E-state index in [1.165, 1.54) is 26.3 Å². The molecule has 0 spiro atoms. The normalized spacial score (nSPS) is 28.2. The van der Waals surface area contributed by atoms with Gasteiger partial charge in [0.05, 0.1) is 10.5 Å². The fourth-order valence-electron chi connectivity index (χ4n) is 5.85. The molecule has 5 rings (SSSR count). The Morgan fingerprint density at radius 2 is 1.69 bits per heavy atom. The van der Waals surface area contributed by atoms with Crippen LogP contribution >= 0.6 is 0 Å². The maximum Gasteiger partial charge on any atom is 0.341 e. The van der Waals surface area contributed by atoms with E-state index in [0.717, 1.165) is 37.5 Å². The largest absolute Gasteiger partial charge is 0.452 e. The standard InChI is InChI=1S/C21H26FN3O6S/c1-23-32(29,30)15-2-3-17(22)16(7-15)19(27)31-11-18(26)24-20(28)25-21-8-12-4-13(9-21)6-14(5-12)10-21/h2-3,7,12-14,23H,4-6,8-11H2,1H3,(H2,24,25,26,28). The van der Waals surface area contributed by atoms with Crippen molar-refractivity contribution in [3.63, 3.8) is 0 Å². The second kappa shape index (κ2) is 8.43. The topological polar surface area (TPSA) is 131 Å². The first-order valence-corrected chi connectivity index (χ1v) is 12.1. The monoisotopic (exact) mass is 467 g/mol. The summed E-state index contributed by atoms with van der Waals surface area (Å²) in [6.07, 6.45) is 6.39. The first kappa shape index (κ1) is 22.7. The van der Waals surface area contributed by atoms with Gasteiger partial charge in [0.1, 0.15) is 5.82 Å². The summed E-state index contributed by atoms with van der Waals surface area (Å²) in [5.74, 6) is -1.21. The lowest BCUT2D eigenvalue weighted by Crippen LogP contribution is -2.62. The molecule has 4 bridgehead atoms. The smallest absolute Gasteiger partial charge is 0.341 e. The van der Waals surface area contributed by atoms with Crippen LogP contribution < -0.4 is 15.4 Å². The van der Waals surface area contributed by atoms with Crippen molar-refractivity contribution < 1.29 is 31.9 Å². The maximum atomic E-state index is 14.0. The molecule has 0 unspecified atom stereocenters. The molecule has 9 nitrogen and oxygen atoms in total. The molecule has 4 saturated carbocycles. The molecule has 0 aliphatic heterocycles. The van der Waals surface area contributed by atoms with Crippen molar-refractivity contribution in [2.24, 2.45) is 17.8 Å². The maximum absolute atomic E-state index is 14.0. The number of rotatable bonds is 6. The van der Waals surface area contributed by atoms with Gasteiger partial charge in [-0.15, -0.1) is 0 Å². The molecular formula is C21H26FN3O6S. The van der Waals surface area contributed by atoms with Gasteiger partial charge in [-0.25, -0.2) is 27.1 Å². The summed E-state index contributed by atoms with van der Waals surface area (Å²) in [6, 6.07) is 2.00. The third kappa shape index (κ3) is 4.63. The number of sulfonamides is 1. The van der Waals surface area contributed by atoms with Crippen LogP contribution in [0.25, 0.3) is 0 Å². The minimum absolute atomic E-state index is 0.280. The quantitative estimate of drug-likeness (QED) is 0.546. The number of amides is 3. The Hall–Kier alpha value is -2.53. The van der Waals surface area contributed by atoms with Crippen molar-refractivity contribution in [3.05, 3.63) is 29.6 Å². The highest BCUT2D eigenvalue weighted by Crippen LogP contribution is 2.55. The van der Waals surface area contributed by atoms with Gasteiger partial charge in [0.15, 0.2) is 6.61 Å². The Morgan fingerprint density at radius 3 is 2.25 bits per heavy atom. The summed E-state index contributed by atoms with van der Waals surface area (Å²) in [5.41, 5.74) is -0.912. The van der Waals surface area contributed by atoms with Crippen LogP contribution in [-0.2, 0) is 19.6 Å². The molecule has 1 aromatic rings. The van der Waals surface area contributed by atoms with E-state index >= 15 is 0 Å². The third-order valence-corrected chi connectivity index (χ3v) is 8.15. The van der Waals surface area contributed by atoms with Crippen LogP contribution in [-0.4, -0.2) is 45.5 Å². The number of hydrogen-bond acceptors (Lipinski definition) is 6. The van der Waals surface area contributed by atoms with Gasteiger partial charge in [-0.3, -0.25) is 10.1 Å². The number of esters is 1. The zero-order chi connectivity index (χ0) is 23.1. The molecule has 4 fully saturated rings. The summed E-state index contributed by atoms with van der Waals surface area (Å²) >= 11 is 0. The zero-order valence-corrected chi connectivity index (χ0v) is 18.5. The number of nitrogens with one attached hydrogen (secondary N) is 3. The van der Waals surface area contributed by atoms with E-state index in [1.54, 1.807) is 0 Å². The number of benzene rings is 1. The number of halogens is 1.